The topological polar surface area (TPSA) is 78.3 Å². The highest BCUT2D eigenvalue weighted by atomic mass is 32.2. The van der Waals surface area contributed by atoms with Crippen molar-refractivity contribution in [1.82, 2.24) is 20.1 Å². The predicted octanol–water partition coefficient (Wildman–Crippen LogP) is 3.99. The first kappa shape index (κ1) is 23.3. The Bertz CT molecular complexity index is 1070. The van der Waals surface area contributed by atoms with Gasteiger partial charge in [0, 0.05) is 18.7 Å². The summed E-state index contributed by atoms with van der Waals surface area (Å²) < 4.78 is 26.5. The Balaban J connectivity index is 1.63. The van der Waals surface area contributed by atoms with Crippen LogP contribution >= 0.6 is 11.8 Å². The van der Waals surface area contributed by atoms with Crippen LogP contribution in [0.4, 0.5) is 4.39 Å². The Morgan fingerprint density at radius 3 is 2.66 bits per heavy atom. The molecule has 0 radical (unpaired) electrons. The zero-order chi connectivity index (χ0) is 22.9. The monoisotopic (exact) mass is 456 g/mol. The third kappa shape index (κ3) is 5.88. The van der Waals surface area contributed by atoms with Crippen molar-refractivity contribution in [3.8, 4) is 11.5 Å². The van der Waals surface area contributed by atoms with Crippen molar-refractivity contribution >= 4 is 17.7 Å². The minimum Gasteiger partial charge on any atom is -0.496 e. The van der Waals surface area contributed by atoms with Crippen LogP contribution in [-0.2, 0) is 24.5 Å². The number of methoxy groups -OCH3 is 1. The number of allylic oxidation sites excluding steroid dienone is 1. The van der Waals surface area contributed by atoms with Gasteiger partial charge in [0.15, 0.2) is 22.5 Å². The molecule has 168 valence electrons. The highest BCUT2D eigenvalue weighted by molar-refractivity contribution is 8.00. The standard InChI is InChI=1S/C23H25FN4O3S/c1-4-13-28-21(15-31-20-12-8-6-10-18(20)24)26-27-23(28)32-16(2)22(29)25-14-17-9-5-7-11-19(17)30-3/h4-12,16H,1,13-15H2,2-3H3,(H,25,29). The van der Waals surface area contributed by atoms with E-state index in [9.17, 15) is 9.18 Å². The number of aromatic nitrogens is 3. The second-order valence-corrected chi connectivity index (χ2v) is 8.11. The Labute approximate surface area is 190 Å². The van der Waals surface area contributed by atoms with E-state index in [1.54, 1.807) is 42.9 Å². The molecule has 1 unspecified atom stereocenters. The number of halogens is 1. The quantitative estimate of drug-likeness (QED) is 0.347. The fraction of sp³-hybridized carbons (Fsp3) is 0.261. The van der Waals surface area contributed by atoms with Crippen molar-refractivity contribution in [2.45, 2.75) is 37.0 Å². The van der Waals surface area contributed by atoms with Crippen LogP contribution in [-0.4, -0.2) is 33.0 Å². The Hall–Kier alpha value is -3.33. The number of carbonyl (C=O) groups excluding carboxylic acids is 1. The van der Waals surface area contributed by atoms with Gasteiger partial charge in [0.05, 0.1) is 12.4 Å². The number of rotatable bonds is 11. The largest absolute Gasteiger partial charge is 0.496 e. The van der Waals surface area contributed by atoms with Gasteiger partial charge in [-0.1, -0.05) is 48.2 Å². The predicted molar refractivity (Wildman–Crippen MR) is 121 cm³/mol. The molecule has 1 N–H and O–H groups in total. The van der Waals surface area contributed by atoms with Crippen LogP contribution in [0.25, 0.3) is 0 Å². The summed E-state index contributed by atoms with van der Waals surface area (Å²) in [4.78, 5) is 12.6. The average Bonchev–Trinajstić information content (AvgIpc) is 3.18. The molecule has 2 aromatic carbocycles. The summed E-state index contributed by atoms with van der Waals surface area (Å²) in [6.45, 7) is 6.39. The molecule has 1 heterocycles. The highest BCUT2D eigenvalue weighted by Gasteiger charge is 2.20. The molecular weight excluding hydrogens is 431 g/mol. The van der Waals surface area contributed by atoms with Crippen molar-refractivity contribution in [2.24, 2.45) is 0 Å². The number of hydrogen-bond donors (Lipinski definition) is 1. The molecule has 0 fully saturated rings. The van der Waals surface area contributed by atoms with E-state index in [1.807, 2.05) is 24.3 Å². The third-order valence-electron chi connectivity index (χ3n) is 4.60. The smallest absolute Gasteiger partial charge is 0.233 e. The van der Waals surface area contributed by atoms with E-state index in [0.29, 0.717) is 24.1 Å². The van der Waals surface area contributed by atoms with Gasteiger partial charge in [-0.15, -0.1) is 16.8 Å². The van der Waals surface area contributed by atoms with E-state index in [1.165, 1.54) is 17.8 Å². The maximum atomic E-state index is 13.8. The fourth-order valence-electron chi connectivity index (χ4n) is 2.92. The van der Waals surface area contributed by atoms with Gasteiger partial charge < -0.3 is 14.8 Å². The molecule has 0 aliphatic heterocycles. The summed E-state index contributed by atoms with van der Waals surface area (Å²) in [5.74, 6) is 0.782. The van der Waals surface area contributed by atoms with Crippen LogP contribution in [0.3, 0.4) is 0 Å². The molecule has 1 aromatic heterocycles. The van der Waals surface area contributed by atoms with Crippen molar-refractivity contribution in [3.05, 3.63) is 78.4 Å². The number of amides is 1. The second kappa shape index (κ2) is 11.3. The van der Waals surface area contributed by atoms with Gasteiger partial charge in [-0.2, -0.15) is 0 Å². The van der Waals surface area contributed by atoms with Crippen LogP contribution in [0.15, 0.2) is 66.3 Å². The van der Waals surface area contributed by atoms with Crippen molar-refractivity contribution < 1.29 is 18.7 Å². The van der Waals surface area contributed by atoms with Gasteiger partial charge in [0.25, 0.3) is 0 Å². The summed E-state index contributed by atoms with van der Waals surface area (Å²) in [6, 6.07) is 13.7. The number of hydrogen-bond acceptors (Lipinski definition) is 6. The van der Waals surface area contributed by atoms with Gasteiger partial charge >= 0.3 is 0 Å². The van der Waals surface area contributed by atoms with E-state index in [4.69, 9.17) is 9.47 Å². The number of benzene rings is 2. The minimum atomic E-state index is -0.447. The summed E-state index contributed by atoms with van der Waals surface area (Å²) in [7, 11) is 1.60. The molecule has 7 nitrogen and oxygen atoms in total. The molecule has 3 aromatic rings. The Kier molecular flexibility index (Phi) is 8.27. The lowest BCUT2D eigenvalue weighted by Gasteiger charge is -2.14. The van der Waals surface area contributed by atoms with Crippen LogP contribution in [0.5, 0.6) is 11.5 Å². The van der Waals surface area contributed by atoms with E-state index in [0.717, 1.165) is 11.3 Å². The molecule has 1 atom stereocenters. The summed E-state index contributed by atoms with van der Waals surface area (Å²) in [5.41, 5.74) is 0.892. The lowest BCUT2D eigenvalue weighted by atomic mass is 10.2. The maximum Gasteiger partial charge on any atom is 0.233 e. The number of carbonyl (C=O) groups is 1. The lowest BCUT2D eigenvalue weighted by Crippen LogP contribution is -2.30. The fourth-order valence-corrected chi connectivity index (χ4v) is 3.82. The molecule has 9 heteroatoms. The van der Waals surface area contributed by atoms with Crippen molar-refractivity contribution in [3.63, 3.8) is 0 Å². The first-order valence-corrected chi connectivity index (χ1v) is 10.9. The van der Waals surface area contributed by atoms with Gasteiger partial charge in [-0.25, -0.2) is 4.39 Å². The molecule has 0 aliphatic rings. The number of thioether (sulfide) groups is 1. The lowest BCUT2D eigenvalue weighted by molar-refractivity contribution is -0.120. The first-order valence-electron chi connectivity index (χ1n) is 10.00. The number of nitrogens with zero attached hydrogens (tertiary/aromatic N) is 3. The first-order chi connectivity index (χ1) is 15.5. The van der Waals surface area contributed by atoms with E-state index < -0.39 is 11.1 Å². The van der Waals surface area contributed by atoms with E-state index in [2.05, 4.69) is 22.1 Å². The third-order valence-corrected chi connectivity index (χ3v) is 5.68. The Morgan fingerprint density at radius 2 is 1.94 bits per heavy atom. The van der Waals surface area contributed by atoms with E-state index >= 15 is 0 Å². The molecule has 0 bridgehead atoms. The SMILES string of the molecule is C=CCn1c(COc2ccccc2F)nnc1SC(C)C(=O)NCc1ccccc1OC. The number of para-hydroxylation sites is 2. The second-order valence-electron chi connectivity index (χ2n) is 6.81. The van der Waals surface area contributed by atoms with Crippen LogP contribution in [0.2, 0.25) is 0 Å². The molecule has 1 amide bonds. The van der Waals surface area contributed by atoms with Crippen molar-refractivity contribution in [1.29, 1.82) is 0 Å². The molecule has 0 saturated heterocycles. The number of ether oxygens (including phenoxy) is 2. The van der Waals surface area contributed by atoms with Crippen LogP contribution in [0, 0.1) is 5.82 Å². The van der Waals surface area contributed by atoms with Crippen LogP contribution < -0.4 is 14.8 Å². The van der Waals surface area contributed by atoms with Gasteiger partial charge in [0.2, 0.25) is 5.91 Å². The van der Waals surface area contributed by atoms with Gasteiger partial charge in [-0.05, 0) is 25.1 Å². The molecule has 32 heavy (non-hydrogen) atoms. The average molecular weight is 457 g/mol. The normalized spacial score (nSPS) is 11.6. The van der Waals surface area contributed by atoms with Gasteiger partial charge in [-0.3, -0.25) is 9.36 Å². The molecule has 3 rings (SSSR count). The molecule has 0 spiro atoms. The summed E-state index contributed by atoms with van der Waals surface area (Å²) >= 11 is 1.28. The summed E-state index contributed by atoms with van der Waals surface area (Å²) in [5, 5.41) is 11.4. The number of nitrogens with one attached hydrogen (secondary N) is 1. The molecule has 0 saturated carbocycles. The van der Waals surface area contributed by atoms with Crippen molar-refractivity contribution in [2.75, 3.05) is 7.11 Å². The maximum absolute atomic E-state index is 13.8. The zero-order valence-corrected chi connectivity index (χ0v) is 18.8. The van der Waals surface area contributed by atoms with Crippen LogP contribution in [0.1, 0.15) is 18.3 Å². The zero-order valence-electron chi connectivity index (χ0n) is 18.0. The van der Waals surface area contributed by atoms with Gasteiger partial charge in [0.1, 0.15) is 12.4 Å². The molecular formula is C23H25FN4O3S. The minimum absolute atomic E-state index is 0.0384. The molecule has 0 aliphatic carbocycles. The van der Waals surface area contributed by atoms with E-state index in [-0.39, 0.29) is 18.3 Å². The highest BCUT2D eigenvalue weighted by Crippen LogP contribution is 2.24. The summed E-state index contributed by atoms with van der Waals surface area (Å²) in [6.07, 6.45) is 1.70. The Morgan fingerprint density at radius 1 is 1.22 bits per heavy atom.